The molecule has 6 rings (SSSR count). The zero-order valence-electron chi connectivity index (χ0n) is 45.6. The molecule has 4 aromatic rings. The summed E-state index contributed by atoms with van der Waals surface area (Å²) in [4.78, 5) is 34.0. The fraction of sp³-hybridized carbons (Fsp3) is 0.293. The van der Waals surface area contributed by atoms with Gasteiger partial charge in [0.2, 0.25) is 5.84 Å². The molecule has 3 N–H and O–H groups in total. The second kappa shape index (κ2) is 12.4. The van der Waals surface area contributed by atoms with Crippen LogP contribution >= 0.6 is 0 Å². The second-order valence-electron chi connectivity index (χ2n) is 11.5. The molecule has 240 valence electrons. The van der Waals surface area contributed by atoms with Gasteiger partial charge in [-0.15, -0.1) is 0 Å². The maximum absolute atomic E-state index is 15.1. The van der Waals surface area contributed by atoms with Crippen LogP contribution in [0.4, 0.5) is 11.4 Å². The summed E-state index contributed by atoms with van der Waals surface area (Å²) in [6, 6.07) is -5.94. The molecule has 0 atom stereocenters. The SMILES string of the molecule is [2H]c1c([2H])c(C)c(C)c(-c2c(C)c(C)c([2H])c([2H])c2C(=O)N([2H])c2c([2H])c([2H])c(C(=O)N3c4c([2H])c(C)c(C)c(C)c4C4=C(N=C(C([2H])([2H])C)[N+]4([2H])[2H])C([2H])([2H])C3([2H])[2H])c([2H])c2C)c1[2H]. The zero-order valence-corrected chi connectivity index (χ0v) is 27.6. The Bertz CT molecular complexity index is 2880. The molecule has 0 aromatic heterocycles. The number of carbonyl (C=O) groups is 2. The molecule has 2 heterocycles. The van der Waals surface area contributed by atoms with Crippen LogP contribution in [0.3, 0.4) is 0 Å². The van der Waals surface area contributed by atoms with E-state index in [0.29, 0.717) is 16.7 Å². The molecular weight excluding hydrogens is 580 g/mol. The third-order valence-electron chi connectivity index (χ3n) is 8.68. The smallest absolute Gasteiger partial charge is 0.322 e. The number of nitrogens with two attached hydrogens (primary N) is 1. The van der Waals surface area contributed by atoms with Crippen LogP contribution in [0.1, 0.15) is 111 Å². The van der Waals surface area contributed by atoms with Gasteiger partial charge in [0.25, 0.3) is 11.8 Å². The lowest BCUT2D eigenvalue weighted by molar-refractivity contribution is -0.433. The topological polar surface area (TPSA) is 78.4 Å². The molecule has 6 nitrogen and oxygen atoms in total. The molecule has 0 radical (unpaired) electrons. The molecule has 47 heavy (non-hydrogen) atoms. The van der Waals surface area contributed by atoms with E-state index in [2.05, 4.69) is 4.99 Å². The number of aliphatic imine (C=N–C) groups is 1. The molecule has 0 saturated carbocycles. The highest BCUT2D eigenvalue weighted by molar-refractivity contribution is 6.11. The fourth-order valence-electron chi connectivity index (χ4n) is 5.42. The highest BCUT2D eigenvalue weighted by Gasteiger charge is 2.34. The average Bonchev–Trinajstić information content (AvgIpc) is 3.48. The number of carbonyl (C=O) groups excluding carboxylic acids is 2. The molecule has 0 saturated heterocycles. The predicted octanol–water partition coefficient (Wildman–Crippen LogP) is 8.18. The molecule has 0 bridgehead atoms. The van der Waals surface area contributed by atoms with E-state index in [0.717, 1.165) is 13.8 Å². The number of nitrogens with one attached hydrogen (secondary N) is 1. The fourth-order valence-corrected chi connectivity index (χ4v) is 5.42. The third kappa shape index (κ3) is 5.61. The average molecular weight is 644 g/mol. The van der Waals surface area contributed by atoms with Crippen LogP contribution in [0, 0.1) is 55.4 Å². The van der Waals surface area contributed by atoms with E-state index in [1.165, 1.54) is 27.7 Å². The highest BCUT2D eigenvalue weighted by atomic mass is 16.2. The first-order valence-electron chi connectivity index (χ1n) is 23.8. The summed E-state index contributed by atoms with van der Waals surface area (Å²) in [5.41, 5.74) is -3.76. The summed E-state index contributed by atoms with van der Waals surface area (Å²) in [5, 5.41) is -1.92. The molecule has 6 heteroatoms. The predicted molar refractivity (Wildman–Crippen MR) is 193 cm³/mol. The number of fused-ring (bicyclic) bond motifs is 2. The largest absolute Gasteiger partial charge is 0.359 e. The van der Waals surface area contributed by atoms with Crippen LogP contribution in [0.15, 0.2) is 65.1 Å². The van der Waals surface area contributed by atoms with Gasteiger partial charge in [-0.05, 0) is 141 Å². The van der Waals surface area contributed by atoms with Gasteiger partial charge < -0.3 is 10.2 Å². The number of benzene rings is 4. The van der Waals surface area contributed by atoms with E-state index < -0.39 is 130 Å². The summed E-state index contributed by atoms with van der Waals surface area (Å²) in [6.45, 7) is 9.09. The third-order valence-corrected chi connectivity index (χ3v) is 8.68. The number of amides is 2. The monoisotopic (exact) mass is 643 g/mol. The number of amidine groups is 1. The van der Waals surface area contributed by atoms with Crippen LogP contribution in [0.25, 0.3) is 16.8 Å². The Kier molecular flexibility index (Phi) is 4.45. The first kappa shape index (κ1) is 16.8. The quantitative estimate of drug-likeness (QED) is 0.230. The van der Waals surface area contributed by atoms with Gasteiger partial charge in [-0.1, -0.05) is 31.1 Å². The van der Waals surface area contributed by atoms with Gasteiger partial charge in [0.1, 0.15) is 5.70 Å². The van der Waals surface area contributed by atoms with Crippen LogP contribution in [-0.2, 0) is 0 Å². The number of nitrogens with zero attached hydrogens (tertiary/aromatic N) is 2. The standard InChI is InChI=1S/C41H44N4O2/c1-10-36-42-34-18-19-45(35-21-24(4)26(6)29(9)38(35)39(34)44-36)41(47)30-15-17-33(25(5)20-30)43-40(46)32-16-14-23(3)28(8)37(32)31-13-11-12-22(2)27(31)7/h11-17,20-21H,10,18-19H2,1-9H3,(H,42,44)(H,43,46)/p+1/i10D2,11D,12D,13D,14D,15D,16D,17D,18D2,19D2,20D,21D/hD3. The van der Waals surface area contributed by atoms with Gasteiger partial charge in [-0.3, -0.25) is 14.9 Å². The summed E-state index contributed by atoms with van der Waals surface area (Å²) in [7, 11) is 0. The molecule has 2 aliphatic heterocycles. The first-order valence-corrected chi connectivity index (χ1v) is 14.9. The van der Waals surface area contributed by atoms with E-state index in [9.17, 15) is 13.0 Å². The van der Waals surface area contributed by atoms with E-state index >= 15 is 4.79 Å². The van der Waals surface area contributed by atoms with Crippen LogP contribution in [-0.4, -0.2) is 24.1 Å². The lowest BCUT2D eigenvalue weighted by Crippen LogP contribution is -2.83. The maximum Gasteiger partial charge on any atom is 0.359 e. The van der Waals surface area contributed by atoms with E-state index in [-0.39, 0.29) is 55.2 Å². The van der Waals surface area contributed by atoms with Crippen molar-refractivity contribution in [1.82, 2.24) is 0 Å². The number of anilines is 2. The number of hydrogen-bond donors (Lipinski definition) is 2. The molecule has 0 aliphatic carbocycles. The molecule has 0 unspecified atom stereocenters. The lowest BCUT2D eigenvalue weighted by atomic mass is 9.88. The van der Waals surface area contributed by atoms with Crippen molar-refractivity contribution in [2.75, 3.05) is 16.7 Å². The Balaban J connectivity index is 1.62. The lowest BCUT2D eigenvalue weighted by Gasteiger charge is -2.26. The summed E-state index contributed by atoms with van der Waals surface area (Å²) >= 11 is 0. The minimum atomic E-state index is -3.65. The molecule has 2 aliphatic rings. The maximum atomic E-state index is 15.1. The molecule has 2 amide bonds. The minimum absolute atomic E-state index is 0.00978. The van der Waals surface area contributed by atoms with Crippen LogP contribution < -0.4 is 15.5 Å². The Morgan fingerprint density at radius 3 is 2.40 bits per heavy atom. The van der Waals surface area contributed by atoms with Gasteiger partial charge in [-0.25, -0.2) is 0 Å². The van der Waals surface area contributed by atoms with Crippen molar-refractivity contribution in [3.05, 3.63) is 121 Å². The first-order chi connectivity index (χ1) is 29.6. The van der Waals surface area contributed by atoms with Crippen molar-refractivity contribution in [2.24, 2.45) is 4.99 Å². The molecule has 0 spiro atoms. The Hall–Kier alpha value is -4.81. The summed E-state index contributed by atoms with van der Waals surface area (Å²) < 4.78 is 161. The van der Waals surface area contributed by atoms with Gasteiger partial charge >= 0.3 is 2.82 Å². The van der Waals surface area contributed by atoms with Crippen molar-refractivity contribution < 1.29 is 39.7 Å². The second-order valence-corrected chi connectivity index (χ2v) is 11.5. The minimum Gasteiger partial charge on any atom is -0.322 e. The Morgan fingerprint density at radius 1 is 0.915 bits per heavy atom. The van der Waals surface area contributed by atoms with Gasteiger partial charge in [0.15, 0.2) is 7.11 Å². The van der Waals surface area contributed by atoms with Crippen molar-refractivity contribution in [3.63, 3.8) is 0 Å². The summed E-state index contributed by atoms with van der Waals surface area (Å²) in [6.07, 6.45) is -6.01. The summed E-state index contributed by atoms with van der Waals surface area (Å²) in [5.74, 6) is -3.81. The Morgan fingerprint density at radius 2 is 1.66 bits per heavy atom. The molecule has 4 aromatic carbocycles. The normalized spacial score (nSPS) is 23.1. The number of quaternary nitrogens is 1. The van der Waals surface area contributed by atoms with Gasteiger partial charge in [0.05, 0.1) is 26.3 Å². The number of rotatable bonds is 5. The van der Waals surface area contributed by atoms with Crippen molar-refractivity contribution in [2.45, 2.75) is 75.1 Å². The zero-order chi connectivity index (χ0) is 49.6. The highest BCUT2D eigenvalue weighted by Crippen LogP contribution is 2.39. The van der Waals surface area contributed by atoms with E-state index in [4.69, 9.17) is 16.6 Å². The Labute approximate surface area is 304 Å². The van der Waals surface area contributed by atoms with Crippen molar-refractivity contribution in [1.29, 1.82) is 0 Å². The molecule has 0 fully saturated rings. The van der Waals surface area contributed by atoms with E-state index in [1.807, 2.05) is 0 Å². The molecular formula is C41H45N4O2+. The van der Waals surface area contributed by atoms with Crippen molar-refractivity contribution in [3.8, 4) is 11.1 Å². The van der Waals surface area contributed by atoms with Gasteiger partial charge in [-0.2, -0.15) is 4.99 Å². The van der Waals surface area contributed by atoms with Crippen LogP contribution in [0.2, 0.25) is 4.24 Å². The van der Waals surface area contributed by atoms with Crippen molar-refractivity contribution >= 4 is 34.7 Å². The van der Waals surface area contributed by atoms with E-state index in [1.54, 1.807) is 20.8 Å². The van der Waals surface area contributed by atoms with Gasteiger partial charge in [0, 0.05) is 41.5 Å². The van der Waals surface area contributed by atoms with Crippen LogP contribution in [0.5, 0.6) is 0 Å². The number of hydrogen-bond acceptors (Lipinski definition) is 3.